The van der Waals surface area contributed by atoms with Gasteiger partial charge >= 0.3 is 11.9 Å². The summed E-state index contributed by atoms with van der Waals surface area (Å²) in [6, 6.07) is 0. The van der Waals surface area contributed by atoms with Crippen molar-refractivity contribution in [1.82, 2.24) is 0 Å². The second kappa shape index (κ2) is 47.5. The van der Waals surface area contributed by atoms with Gasteiger partial charge in [-0.2, -0.15) is 0 Å². The quantitative estimate of drug-likeness (QED) is 0.0195. The standard InChI is InChI=1S/C56H100NO8P/c1-6-8-10-12-14-16-18-20-22-24-25-26-27-28-29-30-31-33-34-36-38-40-42-44-46-48-55(58)62-52-54(53-64-66(60,61)63-51-50-57(3,4)5)65-56(59)49-47-45-43-41-39-37-35-32-23-21-19-17-15-13-11-9-7-2/h9,11,15,17,21,23-25,35,37,41,43,54H,6-8,10,12-14,16,18-20,22,26-34,36,38-40,42,44-53H2,1-5H3/b11-9-,17-15-,23-21-,25-24-,37-35-,43-41-. The van der Waals surface area contributed by atoms with E-state index in [-0.39, 0.29) is 26.1 Å². The largest absolute Gasteiger partial charge is 0.756 e. The van der Waals surface area contributed by atoms with Gasteiger partial charge in [-0.25, -0.2) is 0 Å². The van der Waals surface area contributed by atoms with E-state index in [1.807, 2.05) is 27.2 Å². The van der Waals surface area contributed by atoms with Gasteiger partial charge in [0.25, 0.3) is 7.82 Å². The van der Waals surface area contributed by atoms with Crippen molar-refractivity contribution in [3.05, 3.63) is 72.9 Å². The summed E-state index contributed by atoms with van der Waals surface area (Å²) in [6.45, 7) is 4.06. The number of hydrogen-bond donors (Lipinski definition) is 0. The van der Waals surface area contributed by atoms with Gasteiger partial charge in [-0.1, -0.05) is 202 Å². The number of phosphoric acid groups is 1. The molecule has 0 aliphatic carbocycles. The molecule has 0 aromatic heterocycles. The van der Waals surface area contributed by atoms with Crippen molar-refractivity contribution in [2.75, 3.05) is 47.5 Å². The van der Waals surface area contributed by atoms with E-state index in [4.69, 9.17) is 18.5 Å². The molecule has 0 fully saturated rings. The lowest BCUT2D eigenvalue weighted by atomic mass is 10.0. The second-order valence-electron chi connectivity index (χ2n) is 18.9. The Balaban J connectivity index is 4.24. The van der Waals surface area contributed by atoms with Crippen LogP contribution in [0, 0.1) is 0 Å². The van der Waals surface area contributed by atoms with Gasteiger partial charge in [0.05, 0.1) is 27.7 Å². The fourth-order valence-corrected chi connectivity index (χ4v) is 7.83. The Morgan fingerprint density at radius 2 is 0.879 bits per heavy atom. The number of rotatable bonds is 48. The minimum absolute atomic E-state index is 0.0441. The fourth-order valence-electron chi connectivity index (χ4n) is 7.10. The van der Waals surface area contributed by atoms with Gasteiger partial charge in [0.15, 0.2) is 6.10 Å². The van der Waals surface area contributed by atoms with Crippen LogP contribution in [-0.4, -0.2) is 70.0 Å². The highest BCUT2D eigenvalue weighted by atomic mass is 31.2. The number of ether oxygens (including phenoxy) is 2. The van der Waals surface area contributed by atoms with E-state index in [0.29, 0.717) is 23.9 Å². The monoisotopic (exact) mass is 946 g/mol. The molecule has 66 heavy (non-hydrogen) atoms. The van der Waals surface area contributed by atoms with Crippen LogP contribution in [0.3, 0.4) is 0 Å². The van der Waals surface area contributed by atoms with Crippen LogP contribution in [-0.2, 0) is 32.7 Å². The molecule has 0 amide bonds. The minimum Gasteiger partial charge on any atom is -0.756 e. The third kappa shape index (κ3) is 50.9. The van der Waals surface area contributed by atoms with Gasteiger partial charge in [-0.15, -0.1) is 0 Å². The normalized spacial score (nSPS) is 14.0. The summed E-state index contributed by atoms with van der Waals surface area (Å²) < 4.78 is 34.0. The lowest BCUT2D eigenvalue weighted by Crippen LogP contribution is -2.37. The van der Waals surface area contributed by atoms with Crippen LogP contribution in [0.1, 0.15) is 219 Å². The van der Waals surface area contributed by atoms with Gasteiger partial charge < -0.3 is 27.9 Å². The molecule has 0 N–H and O–H groups in total. The van der Waals surface area contributed by atoms with Crippen molar-refractivity contribution in [3.8, 4) is 0 Å². The maximum atomic E-state index is 12.7. The average molecular weight is 946 g/mol. The molecule has 0 bridgehead atoms. The summed E-state index contributed by atoms with van der Waals surface area (Å²) >= 11 is 0. The van der Waals surface area contributed by atoms with E-state index >= 15 is 0 Å². The fraction of sp³-hybridized carbons (Fsp3) is 0.750. The Morgan fingerprint density at radius 1 is 0.485 bits per heavy atom. The Hall–Kier alpha value is -2.55. The van der Waals surface area contributed by atoms with E-state index in [9.17, 15) is 19.0 Å². The van der Waals surface area contributed by atoms with Gasteiger partial charge in [-0.3, -0.25) is 14.2 Å². The van der Waals surface area contributed by atoms with Crippen LogP contribution in [0.4, 0.5) is 0 Å². The maximum absolute atomic E-state index is 12.7. The number of carbonyl (C=O) groups excluding carboxylic acids is 2. The van der Waals surface area contributed by atoms with E-state index in [0.717, 1.165) is 51.4 Å². The number of allylic oxidation sites excluding steroid dienone is 12. The van der Waals surface area contributed by atoms with E-state index in [1.54, 1.807) is 0 Å². The zero-order chi connectivity index (χ0) is 48.5. The van der Waals surface area contributed by atoms with Crippen molar-refractivity contribution in [1.29, 1.82) is 0 Å². The number of hydrogen-bond acceptors (Lipinski definition) is 8. The van der Waals surface area contributed by atoms with Crippen LogP contribution >= 0.6 is 7.82 Å². The van der Waals surface area contributed by atoms with E-state index in [1.165, 1.54) is 128 Å². The molecule has 0 saturated carbocycles. The Morgan fingerprint density at radius 3 is 1.35 bits per heavy atom. The Bertz CT molecular complexity index is 1350. The van der Waals surface area contributed by atoms with Crippen LogP contribution in [0.15, 0.2) is 72.9 Å². The number of nitrogens with zero attached hydrogens (tertiary/aromatic N) is 1. The Labute approximate surface area is 406 Å². The van der Waals surface area contributed by atoms with E-state index < -0.39 is 32.5 Å². The number of carbonyl (C=O) groups is 2. The van der Waals surface area contributed by atoms with Crippen LogP contribution < -0.4 is 4.89 Å². The van der Waals surface area contributed by atoms with Crippen LogP contribution in [0.2, 0.25) is 0 Å². The molecule has 0 spiro atoms. The van der Waals surface area contributed by atoms with Crippen molar-refractivity contribution in [2.24, 2.45) is 0 Å². The summed E-state index contributed by atoms with van der Waals surface area (Å²) in [6.07, 6.45) is 61.0. The highest BCUT2D eigenvalue weighted by molar-refractivity contribution is 7.45. The first-order valence-corrected chi connectivity index (χ1v) is 28.1. The van der Waals surface area contributed by atoms with Crippen molar-refractivity contribution in [2.45, 2.75) is 225 Å². The number of phosphoric ester groups is 1. The van der Waals surface area contributed by atoms with Crippen molar-refractivity contribution < 1.29 is 42.1 Å². The molecule has 2 unspecified atom stereocenters. The molecule has 0 rings (SSSR count). The van der Waals surface area contributed by atoms with Crippen molar-refractivity contribution >= 4 is 19.8 Å². The predicted octanol–water partition coefficient (Wildman–Crippen LogP) is 15.5. The van der Waals surface area contributed by atoms with Crippen LogP contribution in [0.5, 0.6) is 0 Å². The molecule has 0 radical (unpaired) electrons. The molecule has 10 heteroatoms. The molecule has 0 aliphatic rings. The Kier molecular flexibility index (Phi) is 45.7. The molecule has 2 atom stereocenters. The highest BCUT2D eigenvalue weighted by Crippen LogP contribution is 2.38. The van der Waals surface area contributed by atoms with E-state index in [2.05, 4.69) is 80.7 Å². The van der Waals surface area contributed by atoms with Crippen LogP contribution in [0.25, 0.3) is 0 Å². The molecule has 0 aromatic carbocycles. The zero-order valence-corrected chi connectivity index (χ0v) is 44.0. The average Bonchev–Trinajstić information content (AvgIpc) is 3.27. The zero-order valence-electron chi connectivity index (χ0n) is 43.1. The molecule has 0 aliphatic heterocycles. The first-order chi connectivity index (χ1) is 32.0. The topological polar surface area (TPSA) is 111 Å². The van der Waals surface area contributed by atoms with Gasteiger partial charge in [0, 0.05) is 12.8 Å². The summed E-state index contributed by atoms with van der Waals surface area (Å²) in [5, 5.41) is 0. The maximum Gasteiger partial charge on any atom is 0.306 e. The number of quaternary nitrogens is 1. The lowest BCUT2D eigenvalue weighted by molar-refractivity contribution is -0.870. The molecule has 0 aromatic rings. The number of unbranched alkanes of at least 4 members (excludes halogenated alkanes) is 22. The summed E-state index contributed by atoms with van der Waals surface area (Å²) in [4.78, 5) is 37.7. The smallest absolute Gasteiger partial charge is 0.306 e. The lowest BCUT2D eigenvalue weighted by Gasteiger charge is -2.28. The molecular formula is C56H100NO8P. The SMILES string of the molecule is CC/C=C\C/C=C\C/C=C\C/C=C\C/C=C\CCCC(=O)OC(COC(=O)CCCCCCCCCCCCCCC/C=C\CCCCCCCCCC)COP(=O)([O-])OCC[N+](C)(C)C. The first-order valence-electron chi connectivity index (χ1n) is 26.6. The molecular weight excluding hydrogens is 846 g/mol. The van der Waals surface area contributed by atoms with Gasteiger partial charge in [0.2, 0.25) is 0 Å². The summed E-state index contributed by atoms with van der Waals surface area (Å²) in [7, 11) is 1.12. The second-order valence-corrected chi connectivity index (χ2v) is 20.3. The third-order valence-electron chi connectivity index (χ3n) is 11.2. The summed E-state index contributed by atoms with van der Waals surface area (Å²) in [5.74, 6) is -0.902. The number of likely N-dealkylation sites (N-methyl/N-ethyl adjacent to an activating group) is 1. The van der Waals surface area contributed by atoms with Gasteiger partial charge in [0.1, 0.15) is 19.8 Å². The molecule has 0 saturated heterocycles. The third-order valence-corrected chi connectivity index (χ3v) is 12.2. The molecule has 382 valence electrons. The molecule has 9 nitrogen and oxygen atoms in total. The molecule has 0 heterocycles. The number of esters is 2. The predicted molar refractivity (Wildman–Crippen MR) is 277 cm³/mol. The minimum atomic E-state index is -4.65. The summed E-state index contributed by atoms with van der Waals surface area (Å²) in [5.41, 5.74) is 0. The van der Waals surface area contributed by atoms with Crippen molar-refractivity contribution in [3.63, 3.8) is 0 Å². The van der Waals surface area contributed by atoms with Gasteiger partial charge in [-0.05, 0) is 77.0 Å². The highest BCUT2D eigenvalue weighted by Gasteiger charge is 2.21. The first kappa shape index (κ1) is 63.5.